The van der Waals surface area contributed by atoms with Crippen LogP contribution in [0.2, 0.25) is 0 Å². The first-order valence-electron chi connectivity index (χ1n) is 24.5. The third-order valence-electron chi connectivity index (χ3n) is 10.3. The van der Waals surface area contributed by atoms with Crippen molar-refractivity contribution in [3.63, 3.8) is 0 Å². The molecule has 7 rings (SSSR count). The molecule has 0 unspecified atom stereocenters. The number of terminal acetylenes is 2. The van der Waals surface area contributed by atoms with Crippen molar-refractivity contribution in [2.45, 2.75) is 33.9 Å². The highest BCUT2D eigenvalue weighted by atomic mass is 127. The lowest BCUT2D eigenvalue weighted by molar-refractivity contribution is 0.0935. The van der Waals surface area contributed by atoms with Crippen LogP contribution < -0.4 is 21.3 Å². The van der Waals surface area contributed by atoms with Crippen LogP contribution in [-0.4, -0.2) is 163 Å². The summed E-state index contributed by atoms with van der Waals surface area (Å²) in [6.45, 7) is 12.6. The molecular formula is C52H60BrF2I3N18O3. The summed E-state index contributed by atoms with van der Waals surface area (Å²) in [5.74, 6) is 4.29. The summed E-state index contributed by atoms with van der Waals surface area (Å²) >= 11 is 9.67. The predicted molar refractivity (Wildman–Crippen MR) is 333 cm³/mol. The first-order valence-corrected chi connectivity index (χ1v) is 28.8. The Hall–Kier alpha value is -5.93. The number of aryl methyl sites for hydroxylation is 1. The number of nitrogens with one attached hydrogen (secondary N) is 4. The fourth-order valence-electron chi connectivity index (χ4n) is 6.39. The summed E-state index contributed by atoms with van der Waals surface area (Å²) in [5.41, 5.74) is 13.7. The summed E-state index contributed by atoms with van der Waals surface area (Å²) < 4.78 is 28.0. The maximum absolute atomic E-state index is 12.4. The van der Waals surface area contributed by atoms with Gasteiger partial charge in [0, 0.05) is 67.6 Å². The number of amides is 3. The molecule has 0 saturated heterocycles. The summed E-state index contributed by atoms with van der Waals surface area (Å²) in [6.07, 6.45) is 16.3. The number of azide groups is 1. The number of hydrogen-bond acceptors (Lipinski definition) is 15. The molecule has 7 aromatic rings. The van der Waals surface area contributed by atoms with Crippen LogP contribution in [0.5, 0.6) is 0 Å². The summed E-state index contributed by atoms with van der Waals surface area (Å²) in [6, 6.07) is 17.2. The smallest absolute Gasteiger partial charge is 0.271 e. The lowest BCUT2D eigenvalue weighted by Gasteiger charge is -2.19. The molecule has 27 heteroatoms. The SMILES string of the molecule is C#CCBr.C#CCN(CC)CCNC(=O)c1cnc2cc(I)ccc2n1.CCN(CCNC(=O)c1cnc2cc(I)ccc2n1)Cc1cn(CCF)nn1.CCNCCNC(=O)c1cnc2cc(I)ccc2n1.[N-]=[N+]=NCCF. The van der Waals surface area contributed by atoms with Gasteiger partial charge in [0.15, 0.2) is 0 Å². The van der Waals surface area contributed by atoms with Crippen molar-refractivity contribution in [1.82, 2.24) is 76.0 Å². The van der Waals surface area contributed by atoms with Crippen LogP contribution in [0.1, 0.15) is 57.9 Å². The number of aromatic nitrogens is 9. The molecule has 0 aliphatic rings. The molecule has 79 heavy (non-hydrogen) atoms. The van der Waals surface area contributed by atoms with Crippen molar-refractivity contribution < 1.29 is 23.2 Å². The Morgan fingerprint density at radius 1 is 0.696 bits per heavy atom. The summed E-state index contributed by atoms with van der Waals surface area (Å²) in [4.78, 5) is 68.8. The minimum atomic E-state index is -0.565. The fraction of sp³-hybridized carbons (Fsp3) is 0.365. The third-order valence-corrected chi connectivity index (χ3v) is 12.6. The minimum Gasteiger partial charge on any atom is -0.349 e. The van der Waals surface area contributed by atoms with E-state index in [2.05, 4.69) is 177 Å². The van der Waals surface area contributed by atoms with Crippen LogP contribution >= 0.6 is 83.7 Å². The van der Waals surface area contributed by atoms with Gasteiger partial charge in [0.05, 0.1) is 89.0 Å². The van der Waals surface area contributed by atoms with Crippen LogP contribution in [0, 0.1) is 35.4 Å². The van der Waals surface area contributed by atoms with Gasteiger partial charge in [-0.05, 0) is 148 Å². The second kappa shape index (κ2) is 39.4. The first kappa shape index (κ1) is 67.3. The normalized spacial score (nSPS) is 10.3. The quantitative estimate of drug-likeness (QED) is 0.00959. The molecule has 0 radical (unpaired) electrons. The average Bonchev–Trinajstić information content (AvgIpc) is 3.97. The van der Waals surface area contributed by atoms with Crippen LogP contribution in [0.3, 0.4) is 0 Å². The van der Waals surface area contributed by atoms with E-state index in [0.29, 0.717) is 73.7 Å². The van der Waals surface area contributed by atoms with Gasteiger partial charge in [-0.15, -0.1) is 17.9 Å². The van der Waals surface area contributed by atoms with E-state index in [4.69, 9.17) is 18.4 Å². The molecule has 0 aliphatic heterocycles. The van der Waals surface area contributed by atoms with Gasteiger partial charge in [-0.1, -0.05) is 58.9 Å². The van der Waals surface area contributed by atoms with Crippen molar-refractivity contribution in [3.8, 4) is 24.7 Å². The number of hydrogen-bond donors (Lipinski definition) is 4. The average molecular weight is 1480 g/mol. The molecule has 0 bridgehead atoms. The van der Waals surface area contributed by atoms with Crippen molar-refractivity contribution in [1.29, 1.82) is 0 Å². The largest absolute Gasteiger partial charge is 0.349 e. The lowest BCUT2D eigenvalue weighted by atomic mass is 10.3. The van der Waals surface area contributed by atoms with Gasteiger partial charge in [-0.2, -0.15) is 0 Å². The molecule has 3 amide bonds. The Balaban J connectivity index is 0.000000290. The summed E-state index contributed by atoms with van der Waals surface area (Å²) in [7, 11) is 0. The topological polar surface area (TPSA) is 263 Å². The molecule has 21 nitrogen and oxygen atoms in total. The van der Waals surface area contributed by atoms with Crippen LogP contribution in [-0.2, 0) is 13.1 Å². The number of alkyl halides is 3. The molecule has 0 fully saturated rings. The van der Waals surface area contributed by atoms with Crippen molar-refractivity contribution in [2.24, 2.45) is 5.11 Å². The Morgan fingerprint density at radius 3 is 1.53 bits per heavy atom. The molecule has 4 heterocycles. The zero-order valence-corrected chi connectivity index (χ0v) is 51.8. The van der Waals surface area contributed by atoms with E-state index in [-0.39, 0.29) is 30.8 Å². The lowest BCUT2D eigenvalue weighted by Crippen LogP contribution is -2.35. The number of rotatable bonds is 22. The van der Waals surface area contributed by atoms with Gasteiger partial charge in [0.2, 0.25) is 0 Å². The molecule has 418 valence electrons. The Kier molecular flexibility index (Phi) is 33.6. The monoisotopic (exact) mass is 1480 g/mol. The van der Waals surface area contributed by atoms with E-state index in [1.807, 2.05) is 75.4 Å². The number of halogens is 6. The van der Waals surface area contributed by atoms with Crippen LogP contribution in [0.15, 0.2) is 84.5 Å². The van der Waals surface area contributed by atoms with Gasteiger partial charge >= 0.3 is 0 Å². The number of benzene rings is 3. The molecule has 4 aromatic heterocycles. The number of nitrogens with zero attached hydrogens (tertiary/aromatic N) is 14. The second-order valence-corrected chi connectivity index (χ2v) is 20.2. The molecule has 0 spiro atoms. The van der Waals surface area contributed by atoms with Crippen molar-refractivity contribution in [3.05, 3.63) is 123 Å². The molecule has 4 N–H and O–H groups in total. The fourth-order valence-corrected chi connectivity index (χ4v) is 7.82. The predicted octanol–water partition coefficient (Wildman–Crippen LogP) is 7.82. The van der Waals surface area contributed by atoms with E-state index in [0.717, 1.165) is 70.2 Å². The van der Waals surface area contributed by atoms with Gasteiger partial charge in [0.1, 0.15) is 23.8 Å². The highest BCUT2D eigenvalue weighted by molar-refractivity contribution is 14.1. The standard InChI is InChI=1S/C18H21FIN7O.C16H17IN4O.C13H15IN4O.C3H3Br.C2H4FN3/c1-2-26(11-14-12-27(7-5-19)25-24-14)8-6-21-18(28)17-10-22-16-9-13(20)3-4-15(16)23-17;1-3-8-21(4-2)9-7-18-16(22)15-11-19-14-10-12(17)5-6-13(14)20-15;1-2-15-5-6-16-13(19)12-8-17-11-7-9(14)3-4-10(11)18-12;1-2-3-4;3-1-2-5-6-4/h3-4,9-10,12H,2,5-8,11H2,1H3,(H,21,28);1,5-6,10-11H,4,7-9H2,2H3,(H,18,22);3-4,7-8,15H,2,5-6H2,1H3,(H,16,19);1H,3H2;1-2H2. The highest BCUT2D eigenvalue weighted by Crippen LogP contribution is 2.16. The maximum Gasteiger partial charge on any atom is 0.271 e. The maximum atomic E-state index is 12.4. The number of carbonyl (C=O) groups excluding carboxylic acids is 3. The number of carbonyl (C=O) groups is 3. The van der Waals surface area contributed by atoms with Crippen LogP contribution in [0.4, 0.5) is 8.78 Å². The zero-order valence-electron chi connectivity index (χ0n) is 43.7. The minimum absolute atomic E-state index is 0.0451. The van der Waals surface area contributed by atoms with Gasteiger partial charge in [-0.3, -0.25) is 43.5 Å². The van der Waals surface area contributed by atoms with E-state index >= 15 is 0 Å². The van der Waals surface area contributed by atoms with Gasteiger partial charge in [0.25, 0.3) is 17.7 Å². The summed E-state index contributed by atoms with van der Waals surface area (Å²) in [5, 5.41) is 23.2. The van der Waals surface area contributed by atoms with E-state index in [9.17, 15) is 23.2 Å². The highest BCUT2D eigenvalue weighted by Gasteiger charge is 2.13. The van der Waals surface area contributed by atoms with Crippen LogP contribution in [0.25, 0.3) is 43.5 Å². The zero-order chi connectivity index (χ0) is 57.8. The van der Waals surface area contributed by atoms with Crippen molar-refractivity contribution >= 4 is 135 Å². The Morgan fingerprint density at radius 2 is 1.15 bits per heavy atom. The molecular weight excluding hydrogens is 1420 g/mol. The van der Waals surface area contributed by atoms with Gasteiger partial charge in [-0.25, -0.2) is 24.0 Å². The number of fused-ring (bicyclic) bond motifs is 3. The number of likely N-dealkylation sites (N-methyl/N-ethyl adjacent to an activating group) is 3. The van der Waals surface area contributed by atoms with E-state index in [1.165, 1.54) is 23.3 Å². The van der Waals surface area contributed by atoms with E-state index < -0.39 is 13.3 Å². The first-order chi connectivity index (χ1) is 38.2. The third kappa shape index (κ3) is 25.8. The molecule has 0 saturated carbocycles. The Bertz CT molecular complexity index is 3160. The molecule has 0 aliphatic carbocycles. The van der Waals surface area contributed by atoms with E-state index in [1.54, 1.807) is 6.20 Å². The Labute approximate surface area is 507 Å². The molecule has 0 atom stereocenters. The van der Waals surface area contributed by atoms with Crippen molar-refractivity contribution in [2.75, 3.05) is 90.7 Å². The second-order valence-electron chi connectivity index (χ2n) is 15.9. The van der Waals surface area contributed by atoms with Gasteiger partial charge < -0.3 is 21.3 Å². The molecule has 3 aromatic carbocycles.